The van der Waals surface area contributed by atoms with Crippen LogP contribution in [0.25, 0.3) is 0 Å². The monoisotopic (exact) mass is 335 g/mol. The molecule has 0 atom stereocenters. The number of hydrogen-bond donors (Lipinski definition) is 2. The Hall–Kier alpha value is -3.40. The minimum atomic E-state index is -0.241. The molecule has 7 nitrogen and oxygen atoms in total. The molecule has 0 spiro atoms. The third-order valence-electron chi connectivity index (χ3n) is 3.89. The van der Waals surface area contributed by atoms with E-state index in [0.717, 1.165) is 11.3 Å². The standard InChI is InChI=1S/C18H17N5O2/c19-8-2-10-21-17(24)13-4-6-15(7-5-13)22-18(25)23-11-14-3-1-9-20-16(14)12-23/h1,3-7,9H,2,10-12H2,(H,21,24)(H,22,25). The Morgan fingerprint density at radius 3 is 2.72 bits per heavy atom. The molecular formula is C18H17N5O2. The van der Waals surface area contributed by atoms with Gasteiger partial charge in [-0.05, 0) is 35.9 Å². The van der Waals surface area contributed by atoms with Gasteiger partial charge in [0.15, 0.2) is 0 Å². The van der Waals surface area contributed by atoms with Crippen LogP contribution in [0.2, 0.25) is 0 Å². The summed E-state index contributed by atoms with van der Waals surface area (Å²) in [6.45, 7) is 1.34. The van der Waals surface area contributed by atoms with Crippen molar-refractivity contribution in [2.24, 2.45) is 0 Å². The number of benzene rings is 1. The first-order chi connectivity index (χ1) is 12.2. The Balaban J connectivity index is 1.56. The molecule has 0 aliphatic carbocycles. The highest BCUT2D eigenvalue weighted by Crippen LogP contribution is 2.21. The molecule has 0 saturated carbocycles. The largest absolute Gasteiger partial charge is 0.351 e. The molecule has 1 aromatic carbocycles. The zero-order chi connectivity index (χ0) is 17.6. The first kappa shape index (κ1) is 16.5. The molecule has 0 unspecified atom stereocenters. The molecule has 1 aromatic heterocycles. The van der Waals surface area contributed by atoms with Crippen LogP contribution in [0.15, 0.2) is 42.6 Å². The highest BCUT2D eigenvalue weighted by atomic mass is 16.2. The smallest absolute Gasteiger partial charge is 0.322 e. The van der Waals surface area contributed by atoms with E-state index < -0.39 is 0 Å². The molecule has 2 N–H and O–H groups in total. The summed E-state index contributed by atoms with van der Waals surface area (Å²) in [7, 11) is 0. The minimum absolute atomic E-state index is 0.204. The van der Waals surface area contributed by atoms with Gasteiger partial charge >= 0.3 is 6.03 Å². The van der Waals surface area contributed by atoms with Crippen molar-refractivity contribution >= 4 is 17.6 Å². The van der Waals surface area contributed by atoms with E-state index in [1.54, 1.807) is 35.4 Å². The van der Waals surface area contributed by atoms with E-state index in [4.69, 9.17) is 5.26 Å². The van der Waals surface area contributed by atoms with Gasteiger partial charge in [-0.1, -0.05) is 6.07 Å². The summed E-state index contributed by atoms with van der Waals surface area (Å²) in [5.74, 6) is -0.241. The molecule has 0 saturated heterocycles. The second-order valence-corrected chi connectivity index (χ2v) is 5.64. The fourth-order valence-electron chi connectivity index (χ4n) is 2.59. The van der Waals surface area contributed by atoms with Crippen LogP contribution in [0, 0.1) is 11.3 Å². The van der Waals surface area contributed by atoms with Crippen LogP contribution in [0.5, 0.6) is 0 Å². The molecular weight excluding hydrogens is 318 g/mol. The predicted octanol–water partition coefficient (Wildman–Crippen LogP) is 2.27. The number of aromatic nitrogens is 1. The molecule has 0 bridgehead atoms. The number of amides is 3. The maximum atomic E-state index is 12.4. The summed E-state index contributed by atoms with van der Waals surface area (Å²) in [5.41, 5.74) is 3.07. The molecule has 3 rings (SSSR count). The van der Waals surface area contributed by atoms with E-state index in [1.807, 2.05) is 18.2 Å². The highest BCUT2D eigenvalue weighted by molar-refractivity contribution is 5.95. The average Bonchev–Trinajstić information content (AvgIpc) is 3.07. The maximum absolute atomic E-state index is 12.4. The number of nitriles is 1. The second-order valence-electron chi connectivity index (χ2n) is 5.64. The number of anilines is 1. The molecule has 25 heavy (non-hydrogen) atoms. The van der Waals surface area contributed by atoms with Crippen molar-refractivity contribution in [2.75, 3.05) is 11.9 Å². The van der Waals surface area contributed by atoms with Crippen LogP contribution >= 0.6 is 0 Å². The quantitative estimate of drug-likeness (QED) is 0.837. The normalized spacial score (nSPS) is 12.2. The van der Waals surface area contributed by atoms with E-state index >= 15 is 0 Å². The lowest BCUT2D eigenvalue weighted by molar-refractivity contribution is 0.0954. The van der Waals surface area contributed by atoms with Gasteiger partial charge in [0.25, 0.3) is 5.91 Å². The van der Waals surface area contributed by atoms with Crippen molar-refractivity contribution in [2.45, 2.75) is 19.5 Å². The highest BCUT2D eigenvalue weighted by Gasteiger charge is 2.23. The number of nitrogens with one attached hydrogen (secondary N) is 2. The summed E-state index contributed by atoms with van der Waals surface area (Å²) >= 11 is 0. The molecule has 2 aromatic rings. The number of nitrogens with zero attached hydrogens (tertiary/aromatic N) is 3. The Labute approximate surface area is 145 Å². The number of hydrogen-bond acceptors (Lipinski definition) is 4. The fraction of sp³-hybridized carbons (Fsp3) is 0.222. The first-order valence-electron chi connectivity index (χ1n) is 7.91. The Kier molecular flexibility index (Phi) is 4.90. The van der Waals surface area contributed by atoms with Crippen LogP contribution in [-0.4, -0.2) is 28.4 Å². The van der Waals surface area contributed by atoms with E-state index in [9.17, 15) is 9.59 Å². The topological polar surface area (TPSA) is 98.1 Å². The van der Waals surface area contributed by atoms with Crippen molar-refractivity contribution in [3.05, 3.63) is 59.4 Å². The van der Waals surface area contributed by atoms with Crippen LogP contribution < -0.4 is 10.6 Å². The average molecular weight is 335 g/mol. The van der Waals surface area contributed by atoms with Crippen molar-refractivity contribution in [1.29, 1.82) is 5.26 Å². The summed E-state index contributed by atoms with van der Waals surface area (Å²) < 4.78 is 0. The van der Waals surface area contributed by atoms with Gasteiger partial charge in [0.2, 0.25) is 0 Å². The summed E-state index contributed by atoms with van der Waals surface area (Å²) in [6, 6.07) is 12.2. The number of pyridine rings is 1. The molecule has 0 fully saturated rings. The molecule has 1 aliphatic heterocycles. The van der Waals surface area contributed by atoms with Gasteiger partial charge in [0.05, 0.1) is 24.7 Å². The second kappa shape index (κ2) is 7.45. The summed E-state index contributed by atoms with van der Waals surface area (Å²) in [4.78, 5) is 30.2. The molecule has 2 heterocycles. The van der Waals surface area contributed by atoms with E-state index in [-0.39, 0.29) is 18.4 Å². The fourth-order valence-corrected chi connectivity index (χ4v) is 2.59. The van der Waals surface area contributed by atoms with Crippen LogP contribution in [0.1, 0.15) is 28.0 Å². The van der Waals surface area contributed by atoms with E-state index in [1.165, 1.54) is 0 Å². The Morgan fingerprint density at radius 2 is 2.00 bits per heavy atom. The maximum Gasteiger partial charge on any atom is 0.322 e. The zero-order valence-electron chi connectivity index (χ0n) is 13.5. The van der Waals surface area contributed by atoms with Gasteiger partial charge in [0, 0.05) is 30.5 Å². The lowest BCUT2D eigenvalue weighted by Gasteiger charge is -2.16. The molecule has 0 radical (unpaired) electrons. The van der Waals surface area contributed by atoms with E-state index in [0.29, 0.717) is 30.9 Å². The van der Waals surface area contributed by atoms with Gasteiger partial charge in [-0.25, -0.2) is 4.79 Å². The number of fused-ring (bicyclic) bond motifs is 1. The first-order valence-corrected chi connectivity index (χ1v) is 7.91. The van der Waals surface area contributed by atoms with Gasteiger partial charge in [-0.15, -0.1) is 0 Å². The third kappa shape index (κ3) is 3.93. The summed E-state index contributed by atoms with van der Waals surface area (Å²) in [6.07, 6.45) is 1.99. The van der Waals surface area contributed by atoms with Crippen LogP contribution in [0.3, 0.4) is 0 Å². The lowest BCUT2D eigenvalue weighted by Crippen LogP contribution is -2.30. The van der Waals surface area contributed by atoms with Crippen molar-refractivity contribution in [3.63, 3.8) is 0 Å². The third-order valence-corrected chi connectivity index (χ3v) is 3.89. The van der Waals surface area contributed by atoms with E-state index in [2.05, 4.69) is 15.6 Å². The minimum Gasteiger partial charge on any atom is -0.351 e. The number of rotatable bonds is 4. The SMILES string of the molecule is N#CCCNC(=O)c1ccc(NC(=O)N2Cc3cccnc3C2)cc1. The van der Waals surface area contributed by atoms with Crippen molar-refractivity contribution < 1.29 is 9.59 Å². The van der Waals surface area contributed by atoms with Crippen LogP contribution in [0.4, 0.5) is 10.5 Å². The predicted molar refractivity (Wildman–Crippen MR) is 91.5 cm³/mol. The molecule has 126 valence electrons. The van der Waals surface area contributed by atoms with Crippen molar-refractivity contribution in [3.8, 4) is 6.07 Å². The van der Waals surface area contributed by atoms with Crippen LogP contribution in [-0.2, 0) is 13.1 Å². The van der Waals surface area contributed by atoms with Gasteiger partial charge in [0.1, 0.15) is 0 Å². The number of urea groups is 1. The molecule has 7 heteroatoms. The zero-order valence-corrected chi connectivity index (χ0v) is 13.5. The Bertz CT molecular complexity index is 801. The number of carbonyl (C=O) groups excluding carboxylic acids is 2. The number of carbonyl (C=O) groups is 2. The van der Waals surface area contributed by atoms with Gasteiger partial charge in [-0.3, -0.25) is 9.78 Å². The van der Waals surface area contributed by atoms with Gasteiger partial charge < -0.3 is 15.5 Å². The lowest BCUT2D eigenvalue weighted by atomic mass is 10.2. The summed E-state index contributed by atoms with van der Waals surface area (Å²) in [5, 5.41) is 13.9. The van der Waals surface area contributed by atoms with Crippen molar-refractivity contribution in [1.82, 2.24) is 15.2 Å². The molecule has 1 aliphatic rings. The Morgan fingerprint density at radius 1 is 1.20 bits per heavy atom. The molecule has 3 amide bonds. The van der Waals surface area contributed by atoms with Gasteiger partial charge in [-0.2, -0.15) is 5.26 Å².